The van der Waals surface area contributed by atoms with Crippen LogP contribution < -0.4 is 15.8 Å². The highest BCUT2D eigenvalue weighted by Gasteiger charge is 2.51. The number of H-pyrrole nitrogens is 1. The van der Waals surface area contributed by atoms with E-state index in [1.54, 1.807) is 4.90 Å². The van der Waals surface area contributed by atoms with Crippen molar-refractivity contribution in [1.29, 1.82) is 0 Å². The van der Waals surface area contributed by atoms with Crippen LogP contribution in [0, 0.1) is 0 Å². The van der Waals surface area contributed by atoms with Crippen LogP contribution in [-0.2, 0) is 4.74 Å². The molecule has 2 saturated heterocycles. The predicted octanol–water partition coefficient (Wildman–Crippen LogP) is -1.79. The van der Waals surface area contributed by atoms with Crippen molar-refractivity contribution in [2.24, 2.45) is 0 Å². The first-order chi connectivity index (χ1) is 12.1. The van der Waals surface area contributed by atoms with E-state index < -0.39 is 37.4 Å². The Hall–Kier alpha value is -1.72. The lowest BCUT2D eigenvalue weighted by molar-refractivity contribution is -0.0294. The molecule has 0 spiro atoms. The van der Waals surface area contributed by atoms with Crippen molar-refractivity contribution in [2.45, 2.75) is 50.1 Å². The highest BCUT2D eigenvalue weighted by Crippen LogP contribution is 2.37. The minimum atomic E-state index is -1.22. The van der Waals surface area contributed by atoms with Crippen LogP contribution in [0.4, 0.5) is 11.5 Å². The van der Waals surface area contributed by atoms with Gasteiger partial charge in [-0.15, -0.1) is 0 Å². The Morgan fingerprint density at radius 3 is 2.68 bits per heavy atom. The molecular weight excluding hydrogens is 330 g/mol. The maximum atomic E-state index is 12.2. The molecule has 0 radical (unpaired) electrons. The number of rotatable bonds is 3. The molecule has 0 aliphatic carbocycles. The summed E-state index contributed by atoms with van der Waals surface area (Å²) in [6, 6.07) is 0. The molecule has 1 aromatic rings. The molecule has 0 aromatic carbocycles. The molecule has 2 fully saturated rings. The highest BCUT2D eigenvalue weighted by atomic mass is 16.6. The van der Waals surface area contributed by atoms with E-state index >= 15 is 0 Å². The number of likely N-dealkylation sites (tertiary alicyclic amines) is 1. The molecular formula is C15H23N5O5. The Kier molecular flexibility index (Phi) is 4.38. The van der Waals surface area contributed by atoms with Gasteiger partial charge in [-0.2, -0.15) is 0 Å². The number of nitrogens with one attached hydrogen (secondary N) is 2. The summed E-state index contributed by atoms with van der Waals surface area (Å²) in [6.07, 6.45) is -0.0879. The summed E-state index contributed by atoms with van der Waals surface area (Å²) >= 11 is 0. The summed E-state index contributed by atoms with van der Waals surface area (Å²) < 4.78 is 5.69. The van der Waals surface area contributed by atoms with E-state index in [0.717, 1.165) is 32.4 Å². The Balaban J connectivity index is 1.71. The molecule has 25 heavy (non-hydrogen) atoms. The number of aromatic amines is 1. The van der Waals surface area contributed by atoms with E-state index in [9.17, 15) is 20.1 Å². The molecule has 1 aromatic heterocycles. The minimum Gasteiger partial charge on any atom is -0.394 e. The fourth-order valence-corrected chi connectivity index (χ4v) is 3.83. The smallest absolute Gasteiger partial charge is 0.276 e. The summed E-state index contributed by atoms with van der Waals surface area (Å²) in [4.78, 5) is 22.8. The third-order valence-corrected chi connectivity index (χ3v) is 5.14. The lowest BCUT2D eigenvalue weighted by Crippen LogP contribution is -2.58. The number of aliphatic hydroxyl groups is 3. The van der Waals surface area contributed by atoms with Crippen LogP contribution >= 0.6 is 0 Å². The zero-order valence-electron chi connectivity index (χ0n) is 13.7. The van der Waals surface area contributed by atoms with Gasteiger partial charge in [0.1, 0.15) is 24.0 Å². The number of aliphatic hydroxyl groups excluding tert-OH is 3. The third kappa shape index (κ3) is 2.70. The molecule has 5 atom stereocenters. The average molecular weight is 353 g/mol. The van der Waals surface area contributed by atoms with Gasteiger partial charge in [-0.25, -0.2) is 4.98 Å². The third-order valence-electron chi connectivity index (χ3n) is 5.14. The van der Waals surface area contributed by atoms with Gasteiger partial charge in [-0.1, -0.05) is 6.42 Å². The number of nitrogens with zero attached hydrogens (tertiary/aromatic N) is 3. The van der Waals surface area contributed by atoms with Crippen molar-refractivity contribution in [2.75, 3.05) is 29.9 Å². The molecule has 4 rings (SSSR count). The first-order valence-electron chi connectivity index (χ1n) is 8.61. The molecule has 0 amide bonds. The van der Waals surface area contributed by atoms with Crippen LogP contribution in [0.2, 0.25) is 0 Å². The van der Waals surface area contributed by atoms with Gasteiger partial charge >= 0.3 is 0 Å². The summed E-state index contributed by atoms with van der Waals surface area (Å²) in [7, 11) is 0. The Bertz CT molecular complexity index is 679. The van der Waals surface area contributed by atoms with Gasteiger partial charge in [0.15, 0.2) is 18.3 Å². The predicted molar refractivity (Wildman–Crippen MR) is 87.9 cm³/mol. The molecule has 0 saturated carbocycles. The zero-order valence-corrected chi connectivity index (χ0v) is 13.7. The zero-order chi connectivity index (χ0) is 17.6. The molecule has 4 heterocycles. The van der Waals surface area contributed by atoms with E-state index in [2.05, 4.69) is 20.2 Å². The molecule has 10 nitrogen and oxygen atoms in total. The van der Waals surface area contributed by atoms with E-state index in [0.29, 0.717) is 11.5 Å². The van der Waals surface area contributed by atoms with Gasteiger partial charge in [0.2, 0.25) is 0 Å². The Labute approximate surface area is 144 Å². The molecule has 3 aliphatic heterocycles. The quantitative estimate of drug-likeness (QED) is 0.427. The normalized spacial score (nSPS) is 35.6. The van der Waals surface area contributed by atoms with Crippen LogP contribution in [0.3, 0.4) is 0 Å². The van der Waals surface area contributed by atoms with Crippen LogP contribution in [0.1, 0.15) is 19.3 Å². The Morgan fingerprint density at radius 2 is 2.00 bits per heavy atom. The molecule has 0 unspecified atom stereocenters. The number of piperidine rings is 1. The summed E-state index contributed by atoms with van der Waals surface area (Å²) in [5.41, 5.74) is 0.0112. The van der Waals surface area contributed by atoms with Crippen molar-refractivity contribution < 1.29 is 20.1 Å². The van der Waals surface area contributed by atoms with Crippen LogP contribution in [-0.4, -0.2) is 80.7 Å². The number of fused-ring (bicyclic) bond motifs is 1. The maximum absolute atomic E-state index is 12.2. The van der Waals surface area contributed by atoms with E-state index in [1.807, 2.05) is 0 Å². The monoisotopic (exact) mass is 353 g/mol. The van der Waals surface area contributed by atoms with Gasteiger partial charge in [-0.3, -0.25) is 14.6 Å². The molecule has 138 valence electrons. The fourth-order valence-electron chi connectivity index (χ4n) is 3.83. The van der Waals surface area contributed by atoms with Crippen molar-refractivity contribution in [1.82, 2.24) is 14.9 Å². The summed E-state index contributed by atoms with van der Waals surface area (Å²) in [6.45, 7) is 1.28. The number of ether oxygens (including phenoxy) is 1. The van der Waals surface area contributed by atoms with E-state index in [1.165, 1.54) is 6.33 Å². The largest absolute Gasteiger partial charge is 0.394 e. The van der Waals surface area contributed by atoms with Gasteiger partial charge in [-0.05, 0) is 12.8 Å². The van der Waals surface area contributed by atoms with Gasteiger partial charge in [0, 0.05) is 13.1 Å². The SMILES string of the molecule is O=c1[nH]cnc2c1N[C@H](N1CCCCC1)N2[C@@H]1O[C@H](CO)[C@@H](O)[C@@H]1O. The standard InChI is InChI=1S/C15H23N5O5/c21-6-8-10(22)11(23)14(25-8)20-12-9(13(24)17-7-16-12)18-15(20)19-4-2-1-3-5-19/h7-8,10-11,14-15,18,21-23H,1-6H2,(H,16,17,24)/t8-,10-,11+,14-,15-/m1/s1. The lowest BCUT2D eigenvalue weighted by atomic mass is 10.1. The first kappa shape index (κ1) is 16.7. The molecule has 5 N–H and O–H groups in total. The lowest BCUT2D eigenvalue weighted by Gasteiger charge is -2.40. The van der Waals surface area contributed by atoms with E-state index in [4.69, 9.17) is 4.74 Å². The first-order valence-corrected chi connectivity index (χ1v) is 8.61. The van der Waals surface area contributed by atoms with Gasteiger partial charge in [0.25, 0.3) is 5.56 Å². The second-order valence-electron chi connectivity index (χ2n) is 6.68. The second-order valence-corrected chi connectivity index (χ2v) is 6.68. The van der Waals surface area contributed by atoms with E-state index in [-0.39, 0.29) is 5.56 Å². The summed E-state index contributed by atoms with van der Waals surface area (Å²) in [5.74, 6) is 0.370. The maximum Gasteiger partial charge on any atom is 0.276 e. The highest BCUT2D eigenvalue weighted by molar-refractivity contribution is 5.71. The van der Waals surface area contributed by atoms with Crippen LogP contribution in [0.25, 0.3) is 0 Å². The molecule has 10 heteroatoms. The van der Waals surface area contributed by atoms with Crippen molar-refractivity contribution in [3.8, 4) is 0 Å². The summed E-state index contributed by atoms with van der Waals surface area (Å²) in [5, 5.41) is 33.1. The number of anilines is 2. The number of hydrogen-bond acceptors (Lipinski definition) is 9. The average Bonchev–Trinajstić information content (AvgIpc) is 3.15. The van der Waals surface area contributed by atoms with Crippen molar-refractivity contribution in [3.63, 3.8) is 0 Å². The minimum absolute atomic E-state index is 0.304. The van der Waals surface area contributed by atoms with Gasteiger partial charge in [0.05, 0.1) is 12.9 Å². The second kappa shape index (κ2) is 6.54. The van der Waals surface area contributed by atoms with Crippen molar-refractivity contribution >= 4 is 11.5 Å². The van der Waals surface area contributed by atoms with Gasteiger partial charge < -0.3 is 30.4 Å². The molecule has 3 aliphatic rings. The fraction of sp³-hybridized carbons (Fsp3) is 0.733. The Morgan fingerprint density at radius 1 is 1.24 bits per heavy atom. The molecule has 0 bridgehead atoms. The van der Waals surface area contributed by atoms with Crippen molar-refractivity contribution in [3.05, 3.63) is 16.7 Å². The topological polar surface area (TPSA) is 134 Å². The number of aromatic nitrogens is 2. The van der Waals surface area contributed by atoms with Crippen LogP contribution in [0.15, 0.2) is 11.1 Å². The van der Waals surface area contributed by atoms with Crippen LogP contribution in [0.5, 0.6) is 0 Å². The number of hydrogen-bond donors (Lipinski definition) is 5.